The Morgan fingerprint density at radius 1 is 1.12 bits per heavy atom. The van der Waals surface area contributed by atoms with Crippen molar-refractivity contribution in [1.29, 1.82) is 0 Å². The van der Waals surface area contributed by atoms with E-state index in [-0.39, 0.29) is 0 Å². The number of rotatable bonds is 10. The summed E-state index contributed by atoms with van der Waals surface area (Å²) in [5, 5.41) is 6.72. The Kier molecular flexibility index (Phi) is 10.1. The first-order valence-corrected chi connectivity index (χ1v) is 9.72. The van der Waals surface area contributed by atoms with Crippen LogP contribution in [0.25, 0.3) is 0 Å². The molecular weight excluding hydrogens is 328 g/mol. The van der Waals surface area contributed by atoms with Crippen LogP contribution in [-0.4, -0.2) is 64.0 Å². The first-order chi connectivity index (χ1) is 12.8. The minimum Gasteiger partial charge on any atom is -0.382 e. The van der Waals surface area contributed by atoms with Gasteiger partial charge in [0.2, 0.25) is 0 Å². The molecule has 1 aromatic rings. The van der Waals surface area contributed by atoms with Crippen LogP contribution in [-0.2, 0) is 22.6 Å². The fourth-order valence-corrected chi connectivity index (χ4v) is 2.87. The molecular formula is C20H34N4O2. The monoisotopic (exact) mass is 362 g/mol. The van der Waals surface area contributed by atoms with E-state index in [9.17, 15) is 0 Å². The minimum atomic E-state index is 0.774. The molecule has 2 N–H and O–H groups in total. The second-order valence-electron chi connectivity index (χ2n) is 6.46. The Labute approximate surface area is 158 Å². The molecule has 2 rings (SSSR count). The molecule has 1 fully saturated rings. The lowest BCUT2D eigenvalue weighted by atomic mass is 10.1. The number of hydrogen-bond donors (Lipinski definition) is 2. The number of hydrogen-bond acceptors (Lipinski definition) is 4. The maximum atomic E-state index is 5.40. The average Bonchev–Trinajstić information content (AvgIpc) is 2.69. The maximum Gasteiger partial charge on any atom is 0.191 e. The highest BCUT2D eigenvalue weighted by Gasteiger charge is 2.10. The summed E-state index contributed by atoms with van der Waals surface area (Å²) in [5.74, 6) is 0.846. The fraction of sp³-hybridized carbons (Fsp3) is 0.650. The number of aliphatic imine (C=N–C) groups is 1. The fourth-order valence-electron chi connectivity index (χ4n) is 2.87. The van der Waals surface area contributed by atoms with E-state index in [2.05, 4.69) is 44.8 Å². The summed E-state index contributed by atoms with van der Waals surface area (Å²) in [6, 6.07) is 8.82. The van der Waals surface area contributed by atoms with Gasteiger partial charge in [-0.1, -0.05) is 24.3 Å². The number of ether oxygens (including phenoxy) is 2. The number of unbranched alkanes of at least 4 members (excludes halogenated alkanes) is 1. The maximum absolute atomic E-state index is 5.40. The zero-order chi connectivity index (χ0) is 18.5. The number of morpholine rings is 1. The predicted molar refractivity (Wildman–Crippen MR) is 106 cm³/mol. The largest absolute Gasteiger partial charge is 0.382 e. The van der Waals surface area contributed by atoms with Crippen LogP contribution in [0.15, 0.2) is 29.3 Å². The lowest BCUT2D eigenvalue weighted by Crippen LogP contribution is -2.37. The SMILES string of the molecule is CCOCCCCNC(=NC)NCc1ccc(CN2CCOCC2)cc1. The average molecular weight is 363 g/mol. The summed E-state index contributed by atoms with van der Waals surface area (Å²) in [7, 11) is 1.81. The number of nitrogens with one attached hydrogen (secondary N) is 2. The van der Waals surface area contributed by atoms with Crippen molar-refractivity contribution in [2.24, 2.45) is 4.99 Å². The van der Waals surface area contributed by atoms with Crippen molar-refractivity contribution in [3.63, 3.8) is 0 Å². The van der Waals surface area contributed by atoms with Crippen molar-refractivity contribution in [1.82, 2.24) is 15.5 Å². The Morgan fingerprint density at radius 2 is 1.85 bits per heavy atom. The van der Waals surface area contributed by atoms with Gasteiger partial charge in [0.25, 0.3) is 0 Å². The molecule has 0 bridgehead atoms. The second kappa shape index (κ2) is 12.7. The zero-order valence-corrected chi connectivity index (χ0v) is 16.3. The smallest absolute Gasteiger partial charge is 0.191 e. The molecule has 0 spiro atoms. The van der Waals surface area contributed by atoms with Crippen LogP contribution >= 0.6 is 0 Å². The van der Waals surface area contributed by atoms with Gasteiger partial charge in [-0.15, -0.1) is 0 Å². The molecule has 26 heavy (non-hydrogen) atoms. The van der Waals surface area contributed by atoms with Crippen LogP contribution in [0.3, 0.4) is 0 Å². The van der Waals surface area contributed by atoms with E-state index in [1.165, 1.54) is 11.1 Å². The van der Waals surface area contributed by atoms with Crippen LogP contribution in [0.1, 0.15) is 30.9 Å². The Bertz CT molecular complexity index is 513. The lowest BCUT2D eigenvalue weighted by molar-refractivity contribution is 0.0342. The van der Waals surface area contributed by atoms with Crippen molar-refractivity contribution in [3.8, 4) is 0 Å². The van der Waals surface area contributed by atoms with E-state index in [0.717, 1.165) is 78.0 Å². The highest BCUT2D eigenvalue weighted by molar-refractivity contribution is 5.79. The van der Waals surface area contributed by atoms with Gasteiger partial charge in [-0.2, -0.15) is 0 Å². The molecule has 1 aromatic carbocycles. The van der Waals surface area contributed by atoms with Crippen LogP contribution in [0.2, 0.25) is 0 Å². The third-order valence-corrected chi connectivity index (χ3v) is 4.43. The normalized spacial score (nSPS) is 15.8. The number of guanidine groups is 1. The summed E-state index contributed by atoms with van der Waals surface area (Å²) < 4.78 is 10.7. The standard InChI is InChI=1S/C20H34N4O2/c1-3-25-13-5-4-10-22-20(21-2)23-16-18-6-8-19(9-7-18)17-24-11-14-26-15-12-24/h6-9H,3-5,10-17H2,1-2H3,(H2,21,22,23). The summed E-state index contributed by atoms with van der Waals surface area (Å²) in [6.07, 6.45) is 2.15. The molecule has 0 atom stereocenters. The van der Waals surface area contributed by atoms with E-state index in [0.29, 0.717) is 0 Å². The van der Waals surface area contributed by atoms with Crippen LogP contribution < -0.4 is 10.6 Å². The highest BCUT2D eigenvalue weighted by Crippen LogP contribution is 2.09. The zero-order valence-electron chi connectivity index (χ0n) is 16.3. The lowest BCUT2D eigenvalue weighted by Gasteiger charge is -2.26. The molecule has 0 amide bonds. The van der Waals surface area contributed by atoms with Crippen molar-refractivity contribution >= 4 is 5.96 Å². The predicted octanol–water partition coefficient (Wildman–Crippen LogP) is 2.00. The molecule has 6 heteroatoms. The Balaban J connectivity index is 1.65. The van der Waals surface area contributed by atoms with Gasteiger partial charge in [-0.05, 0) is 30.9 Å². The Hall–Kier alpha value is -1.63. The van der Waals surface area contributed by atoms with Crippen molar-refractivity contribution in [2.75, 3.05) is 53.1 Å². The molecule has 146 valence electrons. The van der Waals surface area contributed by atoms with Gasteiger partial charge in [0.05, 0.1) is 13.2 Å². The molecule has 6 nitrogen and oxygen atoms in total. The molecule has 0 aromatic heterocycles. The topological polar surface area (TPSA) is 58.1 Å². The first kappa shape index (κ1) is 20.7. The van der Waals surface area contributed by atoms with Gasteiger partial charge in [-0.3, -0.25) is 9.89 Å². The van der Waals surface area contributed by atoms with Crippen LogP contribution in [0.4, 0.5) is 0 Å². The molecule has 0 radical (unpaired) electrons. The third-order valence-electron chi connectivity index (χ3n) is 4.43. The molecule has 0 unspecified atom stereocenters. The molecule has 1 aliphatic rings. The van der Waals surface area contributed by atoms with Crippen LogP contribution in [0.5, 0.6) is 0 Å². The molecule has 1 aliphatic heterocycles. The number of benzene rings is 1. The van der Waals surface area contributed by atoms with Gasteiger partial charge in [0.1, 0.15) is 0 Å². The molecule has 1 heterocycles. The van der Waals surface area contributed by atoms with E-state index in [1.807, 2.05) is 6.92 Å². The molecule has 0 aliphatic carbocycles. The number of nitrogens with zero attached hydrogens (tertiary/aromatic N) is 2. The second-order valence-corrected chi connectivity index (χ2v) is 6.46. The van der Waals surface area contributed by atoms with Gasteiger partial charge >= 0.3 is 0 Å². The third kappa shape index (κ3) is 8.17. The van der Waals surface area contributed by atoms with Crippen LogP contribution in [0, 0.1) is 0 Å². The van der Waals surface area contributed by atoms with Crippen molar-refractivity contribution in [2.45, 2.75) is 32.9 Å². The van der Waals surface area contributed by atoms with Crippen molar-refractivity contribution < 1.29 is 9.47 Å². The van der Waals surface area contributed by atoms with E-state index in [1.54, 1.807) is 7.05 Å². The van der Waals surface area contributed by atoms with Gasteiger partial charge in [-0.25, -0.2) is 0 Å². The van der Waals surface area contributed by atoms with E-state index in [4.69, 9.17) is 9.47 Å². The van der Waals surface area contributed by atoms with Crippen molar-refractivity contribution in [3.05, 3.63) is 35.4 Å². The van der Waals surface area contributed by atoms with Gasteiger partial charge in [0, 0.05) is 53.0 Å². The highest BCUT2D eigenvalue weighted by atomic mass is 16.5. The summed E-state index contributed by atoms with van der Waals surface area (Å²) in [5.41, 5.74) is 2.61. The summed E-state index contributed by atoms with van der Waals surface area (Å²) in [4.78, 5) is 6.72. The van der Waals surface area contributed by atoms with Gasteiger partial charge in [0.15, 0.2) is 5.96 Å². The molecule has 0 saturated carbocycles. The quantitative estimate of drug-likeness (QED) is 0.379. The van der Waals surface area contributed by atoms with E-state index >= 15 is 0 Å². The van der Waals surface area contributed by atoms with Gasteiger partial charge < -0.3 is 20.1 Å². The summed E-state index contributed by atoms with van der Waals surface area (Å²) >= 11 is 0. The first-order valence-electron chi connectivity index (χ1n) is 9.72. The molecule has 1 saturated heterocycles. The van der Waals surface area contributed by atoms with E-state index < -0.39 is 0 Å². The Morgan fingerprint density at radius 3 is 2.54 bits per heavy atom. The minimum absolute atomic E-state index is 0.774. The summed E-state index contributed by atoms with van der Waals surface area (Å²) in [6.45, 7) is 10.1.